The van der Waals surface area contributed by atoms with Crippen molar-refractivity contribution in [1.29, 1.82) is 0 Å². The first kappa shape index (κ1) is 22.2. The van der Waals surface area contributed by atoms with Gasteiger partial charge in [0.2, 0.25) is 0 Å². The fourth-order valence-electron chi connectivity index (χ4n) is 3.60. The zero-order valence-electron chi connectivity index (χ0n) is 15.8. The Balaban J connectivity index is 0.00000140. The van der Waals surface area contributed by atoms with Gasteiger partial charge < -0.3 is 10.2 Å². The fourth-order valence-corrected chi connectivity index (χ4v) is 3.60. The zero-order chi connectivity index (χ0) is 17.9. The summed E-state index contributed by atoms with van der Waals surface area (Å²) >= 11 is 0. The molecule has 1 amide bonds. The number of carbonyl (C=O) groups is 1. The molecule has 2 heterocycles. The van der Waals surface area contributed by atoms with Crippen molar-refractivity contribution < 1.29 is 4.79 Å². The Morgan fingerprint density at radius 3 is 2.68 bits per heavy atom. The summed E-state index contributed by atoms with van der Waals surface area (Å²) in [5.74, 6) is 0.0850. The highest BCUT2D eigenvalue weighted by Gasteiger charge is 2.28. The molecule has 0 saturated carbocycles. The number of halogens is 2. The summed E-state index contributed by atoms with van der Waals surface area (Å²) in [7, 11) is 0. The predicted octanol–water partition coefficient (Wildman–Crippen LogP) is 4.43. The van der Waals surface area contributed by atoms with Crippen molar-refractivity contribution in [3.05, 3.63) is 77.5 Å². The number of benzene rings is 2. The van der Waals surface area contributed by atoms with Gasteiger partial charge in [-0.15, -0.1) is 24.8 Å². The van der Waals surface area contributed by atoms with Gasteiger partial charge in [-0.1, -0.05) is 37.3 Å². The largest absolute Gasteiger partial charge is 0.329 e. The van der Waals surface area contributed by atoms with E-state index in [2.05, 4.69) is 41.5 Å². The van der Waals surface area contributed by atoms with Crippen molar-refractivity contribution in [3.63, 3.8) is 0 Å². The molecule has 28 heavy (non-hydrogen) atoms. The van der Waals surface area contributed by atoms with Crippen LogP contribution in [-0.4, -0.2) is 35.4 Å². The first-order chi connectivity index (χ1) is 12.8. The maximum atomic E-state index is 13.2. The Morgan fingerprint density at radius 2 is 1.93 bits per heavy atom. The number of carbonyl (C=O) groups excluding carboxylic acids is 1. The fraction of sp³-hybridized carbons (Fsp3) is 0.273. The van der Waals surface area contributed by atoms with Crippen LogP contribution in [0.25, 0.3) is 10.9 Å². The molecule has 1 atom stereocenters. The molecule has 1 fully saturated rings. The standard InChI is InChI=1S/C22H23N3O.2ClH/c1-2-16-5-7-17(8-6-16)21-15-23-12-13-25(21)22(26)19-9-10-20-18(14-19)4-3-11-24-20;;/h3-11,14,21,23H,2,12-13,15H2,1H3;2*1H. The molecule has 1 unspecified atom stereocenters. The number of nitrogens with zero attached hydrogens (tertiary/aromatic N) is 2. The third-order valence-corrected chi connectivity index (χ3v) is 5.13. The minimum Gasteiger partial charge on any atom is -0.329 e. The summed E-state index contributed by atoms with van der Waals surface area (Å²) in [6.45, 7) is 4.47. The highest BCUT2D eigenvalue weighted by Crippen LogP contribution is 2.25. The second kappa shape index (κ2) is 9.87. The molecule has 0 bridgehead atoms. The topological polar surface area (TPSA) is 45.2 Å². The highest BCUT2D eigenvalue weighted by atomic mass is 35.5. The minimum absolute atomic E-state index is 0. The predicted molar refractivity (Wildman–Crippen MR) is 119 cm³/mol. The molecule has 148 valence electrons. The van der Waals surface area contributed by atoms with E-state index < -0.39 is 0 Å². The van der Waals surface area contributed by atoms with Gasteiger partial charge in [0.05, 0.1) is 11.6 Å². The molecule has 0 radical (unpaired) electrons. The van der Waals surface area contributed by atoms with E-state index in [0.717, 1.165) is 36.0 Å². The summed E-state index contributed by atoms with van der Waals surface area (Å²) in [4.78, 5) is 19.6. The Labute approximate surface area is 178 Å². The molecule has 1 aromatic heterocycles. The van der Waals surface area contributed by atoms with Crippen LogP contribution in [0.5, 0.6) is 0 Å². The Morgan fingerprint density at radius 1 is 1.14 bits per heavy atom. The van der Waals surface area contributed by atoms with Crippen LogP contribution in [0.4, 0.5) is 0 Å². The maximum Gasteiger partial charge on any atom is 0.254 e. The summed E-state index contributed by atoms with van der Waals surface area (Å²) < 4.78 is 0. The molecule has 4 rings (SSSR count). The molecule has 1 saturated heterocycles. The normalized spacial score (nSPS) is 16.2. The average molecular weight is 418 g/mol. The molecule has 1 aliphatic rings. The Kier molecular flexibility index (Phi) is 7.81. The number of piperazine rings is 1. The van der Waals surface area contributed by atoms with Crippen LogP contribution >= 0.6 is 24.8 Å². The first-order valence-corrected chi connectivity index (χ1v) is 9.21. The van der Waals surface area contributed by atoms with E-state index in [0.29, 0.717) is 6.54 Å². The zero-order valence-corrected chi connectivity index (χ0v) is 17.4. The number of aryl methyl sites for hydroxylation is 1. The van der Waals surface area contributed by atoms with Crippen molar-refractivity contribution in [1.82, 2.24) is 15.2 Å². The van der Waals surface area contributed by atoms with Crippen LogP contribution in [0.1, 0.15) is 34.5 Å². The lowest BCUT2D eigenvalue weighted by atomic mass is 9.99. The van der Waals surface area contributed by atoms with E-state index in [-0.39, 0.29) is 36.8 Å². The van der Waals surface area contributed by atoms with Crippen molar-refractivity contribution >= 4 is 41.6 Å². The number of nitrogens with one attached hydrogen (secondary N) is 1. The second-order valence-electron chi connectivity index (χ2n) is 6.72. The number of amides is 1. The van der Waals surface area contributed by atoms with Gasteiger partial charge >= 0.3 is 0 Å². The molecule has 0 spiro atoms. The van der Waals surface area contributed by atoms with Gasteiger partial charge in [-0.05, 0) is 41.8 Å². The monoisotopic (exact) mass is 417 g/mol. The third-order valence-electron chi connectivity index (χ3n) is 5.13. The van der Waals surface area contributed by atoms with E-state index in [1.165, 1.54) is 11.1 Å². The molecular formula is C22H25Cl2N3O. The number of pyridine rings is 1. The minimum atomic E-state index is 0. The van der Waals surface area contributed by atoms with Crippen LogP contribution in [0.2, 0.25) is 0 Å². The number of fused-ring (bicyclic) bond motifs is 1. The Bertz CT molecular complexity index is 930. The quantitative estimate of drug-likeness (QED) is 0.685. The van der Waals surface area contributed by atoms with E-state index >= 15 is 0 Å². The van der Waals surface area contributed by atoms with E-state index in [1.807, 2.05) is 35.2 Å². The summed E-state index contributed by atoms with van der Waals surface area (Å²) in [6.07, 6.45) is 2.80. The van der Waals surface area contributed by atoms with Crippen LogP contribution in [0, 0.1) is 0 Å². The molecule has 2 aromatic carbocycles. The van der Waals surface area contributed by atoms with Crippen molar-refractivity contribution in [3.8, 4) is 0 Å². The molecular weight excluding hydrogens is 393 g/mol. The average Bonchev–Trinajstić information content (AvgIpc) is 2.73. The summed E-state index contributed by atoms with van der Waals surface area (Å²) in [5.41, 5.74) is 4.14. The number of hydrogen-bond acceptors (Lipinski definition) is 3. The third kappa shape index (κ3) is 4.46. The van der Waals surface area contributed by atoms with Crippen LogP contribution < -0.4 is 5.32 Å². The van der Waals surface area contributed by atoms with Crippen LogP contribution in [0.3, 0.4) is 0 Å². The van der Waals surface area contributed by atoms with Gasteiger partial charge in [-0.2, -0.15) is 0 Å². The number of aromatic nitrogens is 1. The van der Waals surface area contributed by atoms with Gasteiger partial charge in [0.1, 0.15) is 0 Å². The smallest absolute Gasteiger partial charge is 0.254 e. The van der Waals surface area contributed by atoms with E-state index in [1.54, 1.807) is 6.20 Å². The lowest BCUT2D eigenvalue weighted by Gasteiger charge is -2.36. The van der Waals surface area contributed by atoms with Gasteiger partial charge in [-0.25, -0.2) is 0 Å². The number of rotatable bonds is 3. The van der Waals surface area contributed by atoms with Gasteiger partial charge in [-0.3, -0.25) is 9.78 Å². The molecule has 3 aromatic rings. The molecule has 0 aliphatic carbocycles. The van der Waals surface area contributed by atoms with E-state index in [4.69, 9.17) is 0 Å². The van der Waals surface area contributed by atoms with Crippen molar-refractivity contribution in [2.75, 3.05) is 19.6 Å². The summed E-state index contributed by atoms with van der Waals surface area (Å²) in [5, 5.41) is 4.42. The van der Waals surface area contributed by atoms with Gasteiger partial charge in [0, 0.05) is 36.8 Å². The van der Waals surface area contributed by atoms with Crippen LogP contribution in [0.15, 0.2) is 60.8 Å². The van der Waals surface area contributed by atoms with E-state index in [9.17, 15) is 4.79 Å². The lowest BCUT2D eigenvalue weighted by molar-refractivity contribution is 0.0634. The second-order valence-corrected chi connectivity index (χ2v) is 6.72. The maximum absolute atomic E-state index is 13.2. The molecule has 1 N–H and O–H groups in total. The van der Waals surface area contributed by atoms with Gasteiger partial charge in [0.15, 0.2) is 0 Å². The molecule has 6 heteroatoms. The highest BCUT2D eigenvalue weighted by molar-refractivity contribution is 5.98. The van der Waals surface area contributed by atoms with Crippen molar-refractivity contribution in [2.24, 2.45) is 0 Å². The number of hydrogen-bond donors (Lipinski definition) is 1. The van der Waals surface area contributed by atoms with Gasteiger partial charge in [0.25, 0.3) is 5.91 Å². The molecule has 1 aliphatic heterocycles. The molecule has 4 nitrogen and oxygen atoms in total. The van der Waals surface area contributed by atoms with Crippen LogP contribution in [-0.2, 0) is 6.42 Å². The summed E-state index contributed by atoms with van der Waals surface area (Å²) in [6, 6.07) is 18.4. The van der Waals surface area contributed by atoms with Crippen molar-refractivity contribution in [2.45, 2.75) is 19.4 Å². The first-order valence-electron chi connectivity index (χ1n) is 9.21. The SMILES string of the molecule is CCc1ccc(C2CNCCN2C(=O)c2ccc3ncccc3c2)cc1.Cl.Cl. The Hall–Kier alpha value is -2.14. The lowest BCUT2D eigenvalue weighted by Crippen LogP contribution is -2.48.